The molecule has 1 rings (SSSR count). The van der Waals surface area contributed by atoms with Crippen LogP contribution in [-0.4, -0.2) is 43.6 Å². The molecule has 0 aromatic rings. The Hall–Kier alpha value is -0.650. The maximum absolute atomic E-state index is 11.4. The Bertz CT molecular complexity index is 229. The number of carbonyl (C=O) groups is 1. The smallest absolute Gasteiger partial charge is 0.245 e. The van der Waals surface area contributed by atoms with Gasteiger partial charge < -0.3 is 9.47 Å². The molecule has 5 heteroatoms. The first kappa shape index (κ1) is 12.4. The summed E-state index contributed by atoms with van der Waals surface area (Å²) in [6.45, 7) is 4.29. The highest BCUT2D eigenvalue weighted by atomic mass is 16.7. The molecule has 0 aromatic carbocycles. The van der Waals surface area contributed by atoms with Crippen molar-refractivity contribution in [1.82, 2.24) is 5.06 Å². The molecule has 0 aromatic heterocycles. The average molecular weight is 217 g/mol. The summed E-state index contributed by atoms with van der Waals surface area (Å²) in [5, 5.41) is 1.22. The molecule has 0 bridgehead atoms. The van der Waals surface area contributed by atoms with Crippen LogP contribution < -0.4 is 0 Å². The lowest BCUT2D eigenvalue weighted by Gasteiger charge is -2.17. The van der Waals surface area contributed by atoms with Gasteiger partial charge in [0.25, 0.3) is 0 Å². The largest absolute Gasteiger partial charge is 0.348 e. The van der Waals surface area contributed by atoms with Gasteiger partial charge in [0.15, 0.2) is 5.79 Å². The number of rotatable bonds is 4. The van der Waals surface area contributed by atoms with Gasteiger partial charge in [-0.2, -0.15) is 0 Å². The van der Waals surface area contributed by atoms with Crippen molar-refractivity contribution < 1.29 is 19.1 Å². The molecule has 0 unspecified atom stereocenters. The van der Waals surface area contributed by atoms with E-state index in [1.54, 1.807) is 7.05 Å². The third kappa shape index (κ3) is 3.77. The van der Waals surface area contributed by atoms with Crippen LogP contribution in [0.1, 0.15) is 26.7 Å². The Morgan fingerprint density at radius 2 is 2.27 bits per heavy atom. The van der Waals surface area contributed by atoms with E-state index >= 15 is 0 Å². The molecule has 0 radical (unpaired) electrons. The molecular weight excluding hydrogens is 198 g/mol. The summed E-state index contributed by atoms with van der Waals surface area (Å²) in [5.74, 6) is -0.563. The van der Waals surface area contributed by atoms with E-state index in [4.69, 9.17) is 14.3 Å². The number of carbonyl (C=O) groups excluding carboxylic acids is 1. The minimum absolute atomic E-state index is 0.00852. The molecule has 1 saturated heterocycles. The van der Waals surface area contributed by atoms with Gasteiger partial charge in [0.1, 0.15) is 0 Å². The van der Waals surface area contributed by atoms with E-state index in [1.165, 1.54) is 12.2 Å². The fourth-order valence-electron chi connectivity index (χ4n) is 1.45. The summed E-state index contributed by atoms with van der Waals surface area (Å²) >= 11 is 0. The molecule has 1 aliphatic heterocycles. The van der Waals surface area contributed by atoms with E-state index in [0.717, 1.165) is 0 Å². The van der Waals surface area contributed by atoms with Crippen LogP contribution in [0.3, 0.4) is 0 Å². The molecule has 0 N–H and O–H groups in total. The van der Waals surface area contributed by atoms with E-state index < -0.39 is 5.79 Å². The summed E-state index contributed by atoms with van der Waals surface area (Å²) in [7, 11) is 3.06. The predicted octanol–water partition coefficient (Wildman–Crippen LogP) is 0.938. The molecule has 1 atom stereocenters. The molecule has 1 aliphatic rings. The van der Waals surface area contributed by atoms with Gasteiger partial charge in [-0.3, -0.25) is 9.63 Å². The van der Waals surface area contributed by atoms with E-state index in [2.05, 4.69) is 0 Å². The molecule has 88 valence electrons. The van der Waals surface area contributed by atoms with Crippen molar-refractivity contribution in [3.05, 3.63) is 0 Å². The van der Waals surface area contributed by atoms with Crippen molar-refractivity contribution in [1.29, 1.82) is 0 Å². The Morgan fingerprint density at radius 3 is 2.73 bits per heavy atom. The normalized spacial score (nSPS) is 24.1. The minimum Gasteiger partial charge on any atom is -0.348 e. The summed E-state index contributed by atoms with van der Waals surface area (Å²) in [4.78, 5) is 16.2. The van der Waals surface area contributed by atoms with Crippen LogP contribution in [0.2, 0.25) is 0 Å². The molecule has 1 heterocycles. The average Bonchev–Trinajstić information content (AvgIpc) is 2.53. The monoisotopic (exact) mass is 217 g/mol. The lowest BCUT2D eigenvalue weighted by molar-refractivity contribution is -0.170. The summed E-state index contributed by atoms with van der Waals surface area (Å²) in [5.41, 5.74) is 0. The summed E-state index contributed by atoms with van der Waals surface area (Å²) in [6, 6.07) is 0. The molecule has 1 amide bonds. The van der Waals surface area contributed by atoms with Gasteiger partial charge in [0.2, 0.25) is 5.91 Å². The van der Waals surface area contributed by atoms with Crippen LogP contribution in [0.4, 0.5) is 0 Å². The van der Waals surface area contributed by atoms with E-state index in [9.17, 15) is 4.79 Å². The number of ether oxygens (including phenoxy) is 2. The highest BCUT2D eigenvalue weighted by molar-refractivity contribution is 5.74. The van der Waals surface area contributed by atoms with Crippen molar-refractivity contribution in [2.45, 2.75) is 38.6 Å². The standard InChI is InChI=1S/C10H19NO4/c1-10(2)14-7-8(15-10)5-6-9(12)11(3)13-4/h8H,5-7H2,1-4H3/t8-/m0/s1. The number of hydrogen-bond donors (Lipinski definition) is 0. The SMILES string of the molecule is CON(C)C(=O)CC[C@H]1COC(C)(C)O1. The first-order valence-corrected chi connectivity index (χ1v) is 5.07. The number of hydrogen-bond acceptors (Lipinski definition) is 4. The minimum atomic E-state index is -0.513. The second-order valence-electron chi connectivity index (χ2n) is 4.06. The third-order valence-electron chi connectivity index (χ3n) is 2.37. The lowest BCUT2D eigenvalue weighted by Crippen LogP contribution is -2.27. The predicted molar refractivity (Wildman–Crippen MR) is 53.9 cm³/mol. The quantitative estimate of drug-likeness (QED) is 0.657. The Kier molecular flexibility index (Phi) is 4.07. The first-order chi connectivity index (χ1) is 6.94. The van der Waals surface area contributed by atoms with Crippen LogP contribution in [-0.2, 0) is 19.1 Å². The van der Waals surface area contributed by atoms with Crippen LogP contribution >= 0.6 is 0 Å². The van der Waals surface area contributed by atoms with Crippen molar-refractivity contribution in [2.75, 3.05) is 20.8 Å². The first-order valence-electron chi connectivity index (χ1n) is 5.07. The molecule has 0 saturated carbocycles. The van der Waals surface area contributed by atoms with Crippen molar-refractivity contribution >= 4 is 5.91 Å². The van der Waals surface area contributed by atoms with Gasteiger partial charge in [-0.25, -0.2) is 5.06 Å². The highest BCUT2D eigenvalue weighted by Crippen LogP contribution is 2.24. The zero-order chi connectivity index (χ0) is 11.5. The van der Waals surface area contributed by atoms with Crippen molar-refractivity contribution in [3.63, 3.8) is 0 Å². The Balaban J connectivity index is 2.24. The van der Waals surface area contributed by atoms with Crippen molar-refractivity contribution in [2.24, 2.45) is 0 Å². The molecule has 0 aliphatic carbocycles. The molecule has 5 nitrogen and oxygen atoms in total. The Morgan fingerprint density at radius 1 is 1.60 bits per heavy atom. The number of nitrogens with zero attached hydrogens (tertiary/aromatic N) is 1. The molecule has 1 fully saturated rings. The maximum Gasteiger partial charge on any atom is 0.245 e. The second-order valence-corrected chi connectivity index (χ2v) is 4.06. The van der Waals surface area contributed by atoms with E-state index in [0.29, 0.717) is 19.4 Å². The van der Waals surface area contributed by atoms with Gasteiger partial charge in [0, 0.05) is 13.5 Å². The molecule has 15 heavy (non-hydrogen) atoms. The van der Waals surface area contributed by atoms with Crippen LogP contribution in [0, 0.1) is 0 Å². The van der Waals surface area contributed by atoms with Gasteiger partial charge >= 0.3 is 0 Å². The topological polar surface area (TPSA) is 48.0 Å². The van der Waals surface area contributed by atoms with Crippen molar-refractivity contribution in [3.8, 4) is 0 Å². The van der Waals surface area contributed by atoms with Gasteiger partial charge in [-0.1, -0.05) is 0 Å². The van der Waals surface area contributed by atoms with Crippen LogP contribution in [0.15, 0.2) is 0 Å². The summed E-state index contributed by atoms with van der Waals surface area (Å²) in [6.07, 6.45) is 1.08. The fourth-order valence-corrected chi connectivity index (χ4v) is 1.45. The van der Waals surface area contributed by atoms with E-state index in [-0.39, 0.29) is 12.0 Å². The lowest BCUT2D eigenvalue weighted by atomic mass is 10.2. The maximum atomic E-state index is 11.4. The van der Waals surface area contributed by atoms with Gasteiger partial charge in [-0.15, -0.1) is 0 Å². The molecule has 0 spiro atoms. The van der Waals surface area contributed by atoms with E-state index in [1.807, 2.05) is 13.8 Å². The number of amides is 1. The zero-order valence-electron chi connectivity index (χ0n) is 9.78. The summed E-state index contributed by atoms with van der Waals surface area (Å²) < 4.78 is 11.0. The van der Waals surface area contributed by atoms with Gasteiger partial charge in [0.05, 0.1) is 19.8 Å². The number of hydroxylamine groups is 2. The van der Waals surface area contributed by atoms with Gasteiger partial charge in [-0.05, 0) is 20.3 Å². The van der Waals surface area contributed by atoms with Crippen LogP contribution in [0.5, 0.6) is 0 Å². The molecular formula is C10H19NO4. The zero-order valence-corrected chi connectivity index (χ0v) is 9.78. The third-order valence-corrected chi connectivity index (χ3v) is 2.37. The Labute approximate surface area is 90.2 Å². The second kappa shape index (κ2) is 4.92. The highest BCUT2D eigenvalue weighted by Gasteiger charge is 2.32. The van der Waals surface area contributed by atoms with Crippen LogP contribution in [0.25, 0.3) is 0 Å². The fraction of sp³-hybridized carbons (Fsp3) is 0.900.